The fourth-order valence-electron chi connectivity index (χ4n) is 6.41. The Kier molecular flexibility index (Phi) is 13.7. The molecule has 2 N–H and O–H groups in total. The van der Waals surface area contributed by atoms with Gasteiger partial charge < -0.3 is 39.2 Å². The first-order valence-electron chi connectivity index (χ1n) is 19.1. The maximum atomic E-state index is 13.8. The smallest absolute Gasteiger partial charge is 0.420 e. The van der Waals surface area contributed by atoms with E-state index in [1.165, 1.54) is 34.1 Å². The number of amides is 5. The van der Waals surface area contributed by atoms with Gasteiger partial charge in [-0.3, -0.25) is 14.4 Å². The zero-order valence-electron chi connectivity index (χ0n) is 33.9. The number of hydrogen-bond donors (Lipinski definition) is 2. The third kappa shape index (κ3) is 11.4. The molecule has 59 heavy (non-hydrogen) atoms. The number of rotatable bonds is 10. The second-order valence-corrected chi connectivity index (χ2v) is 16.0. The van der Waals surface area contributed by atoms with Gasteiger partial charge in [-0.2, -0.15) is 5.26 Å². The number of nitriles is 1. The highest BCUT2D eigenvalue weighted by Gasteiger charge is 2.41. The van der Waals surface area contributed by atoms with Gasteiger partial charge in [-0.05, 0) is 102 Å². The molecule has 0 spiro atoms. The summed E-state index contributed by atoms with van der Waals surface area (Å²) >= 11 is 0. The van der Waals surface area contributed by atoms with E-state index in [9.17, 15) is 39.1 Å². The van der Waals surface area contributed by atoms with E-state index in [2.05, 4.69) is 5.32 Å². The molecule has 5 rings (SSSR count). The van der Waals surface area contributed by atoms with Crippen molar-refractivity contribution in [1.29, 1.82) is 5.26 Å². The number of aliphatic hydroxyl groups excluding tert-OH is 1. The van der Waals surface area contributed by atoms with Gasteiger partial charge >= 0.3 is 18.2 Å². The van der Waals surface area contributed by atoms with Crippen LogP contribution in [0.15, 0.2) is 72.8 Å². The van der Waals surface area contributed by atoms with Crippen LogP contribution in [-0.4, -0.2) is 99.9 Å². The summed E-state index contributed by atoms with van der Waals surface area (Å²) in [7, 11) is 0. The lowest BCUT2D eigenvalue weighted by atomic mass is 10.1. The summed E-state index contributed by atoms with van der Waals surface area (Å²) in [6.07, 6.45) is -4.61. The minimum Gasteiger partial charge on any atom is -0.459 e. The maximum Gasteiger partial charge on any atom is 0.420 e. The monoisotopic (exact) mass is 811 g/mol. The molecule has 3 aromatic rings. The lowest BCUT2D eigenvalue weighted by molar-refractivity contribution is -0.150. The molecule has 0 aliphatic carbocycles. The zero-order valence-corrected chi connectivity index (χ0v) is 33.9. The van der Waals surface area contributed by atoms with Crippen LogP contribution in [0.3, 0.4) is 0 Å². The van der Waals surface area contributed by atoms with E-state index in [-0.39, 0.29) is 42.1 Å². The Morgan fingerprint density at radius 3 is 2.25 bits per heavy atom. The van der Waals surface area contributed by atoms with E-state index in [0.717, 1.165) is 5.56 Å². The van der Waals surface area contributed by atoms with Crippen molar-refractivity contribution in [3.05, 3.63) is 95.1 Å². The number of esters is 1. The highest BCUT2D eigenvalue weighted by molar-refractivity contribution is 6.05. The second-order valence-electron chi connectivity index (χ2n) is 16.0. The number of carbonyl (C=O) groups is 6. The predicted octanol–water partition coefficient (Wildman–Crippen LogP) is 5.31. The standard InChI is InChI=1S/C43H49N5O11/c1-42(2,3)58-40(54)48(41(55)59-43(4,5)6)25-30-22-31(18-17-29(30)24-44)45-36(50)34(49)35-38(52)46(20-21-56-35)32-15-10-14-28(23-32)37(51)47-19-11-16-33(47)39(53)57-26-27-12-8-7-9-13-27/h7-10,12-15,17-18,22-23,33-35,49H,11,16,19-21,25-26H2,1-6H3,(H,45,50)/t33-,34+,35+/m0/s1. The summed E-state index contributed by atoms with van der Waals surface area (Å²) < 4.78 is 21.9. The molecule has 3 atom stereocenters. The Balaban J connectivity index is 1.27. The number of ether oxygens (including phenoxy) is 4. The van der Waals surface area contributed by atoms with Crippen LogP contribution in [0, 0.1) is 11.3 Å². The highest BCUT2D eigenvalue weighted by atomic mass is 16.6. The van der Waals surface area contributed by atoms with Gasteiger partial charge in [0.2, 0.25) is 0 Å². The Bertz CT molecular complexity index is 2080. The molecule has 0 aromatic heterocycles. The first kappa shape index (κ1) is 43.8. The van der Waals surface area contributed by atoms with Crippen molar-refractivity contribution in [2.24, 2.45) is 0 Å². The number of carbonyl (C=O) groups excluding carboxylic acids is 6. The van der Waals surface area contributed by atoms with Gasteiger partial charge in [0, 0.05) is 30.0 Å². The summed E-state index contributed by atoms with van der Waals surface area (Å²) in [4.78, 5) is 83.6. The minimum absolute atomic E-state index is 0.0491. The van der Waals surface area contributed by atoms with Crippen LogP contribution in [0.4, 0.5) is 21.0 Å². The van der Waals surface area contributed by atoms with E-state index < -0.39 is 71.9 Å². The summed E-state index contributed by atoms with van der Waals surface area (Å²) in [5.74, 6) is -2.67. The average molecular weight is 812 g/mol. The number of morpholine rings is 1. The molecule has 0 bridgehead atoms. The van der Waals surface area contributed by atoms with Crippen LogP contribution >= 0.6 is 0 Å². The largest absolute Gasteiger partial charge is 0.459 e. The number of benzene rings is 3. The molecule has 2 heterocycles. The molecule has 0 radical (unpaired) electrons. The Morgan fingerprint density at radius 2 is 1.61 bits per heavy atom. The number of nitrogens with one attached hydrogen (secondary N) is 1. The Labute approximate surface area is 342 Å². The quantitative estimate of drug-likeness (QED) is 0.198. The first-order chi connectivity index (χ1) is 27.8. The summed E-state index contributed by atoms with van der Waals surface area (Å²) in [5.41, 5.74) is -0.262. The second kappa shape index (κ2) is 18.5. The molecule has 2 saturated heterocycles. The van der Waals surface area contributed by atoms with E-state index in [4.69, 9.17) is 18.9 Å². The van der Waals surface area contributed by atoms with Gasteiger partial charge in [0.05, 0.1) is 24.8 Å². The molecule has 312 valence electrons. The summed E-state index contributed by atoms with van der Waals surface area (Å²) in [6, 6.07) is 20.8. The van der Waals surface area contributed by atoms with Crippen LogP contribution in [0.2, 0.25) is 0 Å². The molecule has 2 aliphatic rings. The number of anilines is 2. The summed E-state index contributed by atoms with van der Waals surface area (Å²) in [5, 5.41) is 23.5. The molecule has 0 unspecified atom stereocenters. The lowest BCUT2D eigenvalue weighted by Crippen LogP contribution is -2.55. The van der Waals surface area contributed by atoms with Gasteiger partial charge in [0.25, 0.3) is 17.7 Å². The van der Waals surface area contributed by atoms with E-state index in [0.29, 0.717) is 30.0 Å². The van der Waals surface area contributed by atoms with Crippen LogP contribution in [0.1, 0.15) is 81.4 Å². The van der Waals surface area contributed by atoms with E-state index in [1.54, 1.807) is 59.7 Å². The molecule has 0 saturated carbocycles. The van der Waals surface area contributed by atoms with Crippen LogP contribution in [0.5, 0.6) is 0 Å². The van der Waals surface area contributed by atoms with Crippen molar-refractivity contribution in [1.82, 2.24) is 9.80 Å². The van der Waals surface area contributed by atoms with Crippen molar-refractivity contribution < 1.29 is 52.8 Å². The van der Waals surface area contributed by atoms with Gasteiger partial charge in [0.15, 0.2) is 12.2 Å². The fraction of sp³-hybridized carbons (Fsp3) is 0.419. The van der Waals surface area contributed by atoms with Gasteiger partial charge in [-0.1, -0.05) is 36.4 Å². The molecule has 2 aliphatic heterocycles. The number of nitrogens with zero attached hydrogens (tertiary/aromatic N) is 4. The molecule has 5 amide bonds. The first-order valence-corrected chi connectivity index (χ1v) is 19.1. The fourth-order valence-corrected chi connectivity index (χ4v) is 6.41. The maximum absolute atomic E-state index is 13.8. The van der Waals surface area contributed by atoms with E-state index >= 15 is 0 Å². The number of imide groups is 1. The van der Waals surface area contributed by atoms with Crippen molar-refractivity contribution in [3.8, 4) is 6.07 Å². The van der Waals surface area contributed by atoms with Crippen molar-refractivity contribution in [3.63, 3.8) is 0 Å². The lowest BCUT2D eigenvalue weighted by Gasteiger charge is -2.34. The molecule has 3 aromatic carbocycles. The van der Waals surface area contributed by atoms with Gasteiger partial charge in [-0.15, -0.1) is 0 Å². The highest BCUT2D eigenvalue weighted by Crippen LogP contribution is 2.27. The number of hydrogen-bond acceptors (Lipinski definition) is 12. The molecule has 16 heteroatoms. The number of aliphatic hydroxyl groups is 1. The minimum atomic E-state index is -2.00. The number of likely N-dealkylation sites (tertiary alicyclic amines) is 1. The van der Waals surface area contributed by atoms with E-state index in [1.807, 2.05) is 36.4 Å². The third-order valence-corrected chi connectivity index (χ3v) is 9.14. The third-order valence-electron chi connectivity index (χ3n) is 9.14. The van der Waals surface area contributed by atoms with Crippen LogP contribution in [-0.2, 0) is 46.5 Å². The average Bonchev–Trinajstić information content (AvgIpc) is 3.68. The Hall–Kier alpha value is -6.31. The molecule has 2 fully saturated rings. The Morgan fingerprint density at radius 1 is 0.932 bits per heavy atom. The van der Waals surface area contributed by atoms with Crippen LogP contribution < -0.4 is 10.2 Å². The van der Waals surface area contributed by atoms with Gasteiger partial charge in [0.1, 0.15) is 23.9 Å². The van der Waals surface area contributed by atoms with Crippen molar-refractivity contribution >= 4 is 47.3 Å². The predicted molar refractivity (Wildman–Crippen MR) is 213 cm³/mol. The topological polar surface area (TPSA) is 205 Å². The SMILES string of the molecule is CC(C)(C)OC(=O)N(Cc1cc(NC(=O)[C@H](O)[C@H]2OCCN(c3cccc(C(=O)N4CCC[C@H]4C(=O)OCc4ccccc4)c3)C2=O)ccc1C#N)C(=O)OC(C)(C)C. The molecular weight excluding hydrogens is 762 g/mol. The van der Waals surface area contributed by atoms with Crippen molar-refractivity contribution in [2.45, 2.75) is 97.0 Å². The van der Waals surface area contributed by atoms with Crippen LogP contribution in [0.25, 0.3) is 0 Å². The normalized spacial score (nSPS) is 17.4. The molecule has 16 nitrogen and oxygen atoms in total. The van der Waals surface area contributed by atoms with Gasteiger partial charge in [-0.25, -0.2) is 19.3 Å². The van der Waals surface area contributed by atoms with Crippen molar-refractivity contribution in [2.75, 3.05) is 29.9 Å². The summed E-state index contributed by atoms with van der Waals surface area (Å²) in [6.45, 7) is 9.72. The molecular formula is C43H49N5O11. The zero-order chi connectivity index (χ0) is 43.1.